The molecule has 0 bridgehead atoms. The molecule has 0 aliphatic rings. The van der Waals surface area contributed by atoms with E-state index in [1.54, 1.807) is 0 Å². The van der Waals surface area contributed by atoms with Crippen molar-refractivity contribution in [1.29, 1.82) is 0 Å². The van der Waals surface area contributed by atoms with Gasteiger partial charge >= 0.3 is 5.97 Å². The Balaban J connectivity index is 3.57. The van der Waals surface area contributed by atoms with Gasteiger partial charge in [-0.15, -0.1) is 0 Å². The average molecular weight is 140 g/mol. The third kappa shape index (κ3) is 3.89. The maximum Gasteiger partial charge on any atom is 0.311 e. The van der Waals surface area contributed by atoms with Gasteiger partial charge in [0.2, 0.25) is 0 Å². The zero-order chi connectivity index (χ0) is 7.98. The largest absolute Gasteiger partial charge is 0.427 e. The van der Waals surface area contributed by atoms with Crippen LogP contribution < -0.4 is 0 Å². The van der Waals surface area contributed by atoms with E-state index in [9.17, 15) is 4.79 Å². The standard InChI is InChI=1S/C8H12O2/c1-4-6-8(9)10-7(3)5-2/h5H,2-4,6H2,1H3. The van der Waals surface area contributed by atoms with Gasteiger partial charge in [-0.3, -0.25) is 4.79 Å². The van der Waals surface area contributed by atoms with Crippen LogP contribution in [0.2, 0.25) is 0 Å². The SMILES string of the molecule is C=CC(=C)OC(=O)CCC. The van der Waals surface area contributed by atoms with Crippen molar-refractivity contribution in [1.82, 2.24) is 0 Å². The molecule has 0 saturated heterocycles. The summed E-state index contributed by atoms with van der Waals surface area (Å²) in [5, 5.41) is 0. The van der Waals surface area contributed by atoms with E-state index in [1.165, 1.54) is 6.08 Å². The minimum Gasteiger partial charge on any atom is -0.427 e. The van der Waals surface area contributed by atoms with Gasteiger partial charge in [0.1, 0.15) is 5.76 Å². The van der Waals surface area contributed by atoms with Crippen LogP contribution in [-0.4, -0.2) is 5.97 Å². The Bertz CT molecular complexity index is 147. The number of carbonyl (C=O) groups excluding carboxylic acids is 1. The molecule has 0 radical (unpaired) electrons. The van der Waals surface area contributed by atoms with Crippen molar-refractivity contribution in [3.05, 3.63) is 25.0 Å². The van der Waals surface area contributed by atoms with Gasteiger partial charge in [-0.05, 0) is 12.5 Å². The molecule has 56 valence electrons. The highest BCUT2D eigenvalue weighted by Gasteiger charge is 1.99. The Hall–Kier alpha value is -1.05. The lowest BCUT2D eigenvalue weighted by molar-refractivity contribution is -0.138. The molecule has 0 unspecified atom stereocenters. The summed E-state index contributed by atoms with van der Waals surface area (Å²) in [6, 6.07) is 0. The monoisotopic (exact) mass is 140 g/mol. The zero-order valence-electron chi connectivity index (χ0n) is 6.22. The van der Waals surface area contributed by atoms with E-state index in [2.05, 4.69) is 17.9 Å². The molecule has 0 N–H and O–H groups in total. The fourth-order valence-corrected chi connectivity index (χ4v) is 0.443. The van der Waals surface area contributed by atoms with Crippen LogP contribution in [0.15, 0.2) is 25.0 Å². The topological polar surface area (TPSA) is 26.3 Å². The van der Waals surface area contributed by atoms with Gasteiger partial charge in [-0.25, -0.2) is 0 Å². The first kappa shape index (κ1) is 8.95. The van der Waals surface area contributed by atoms with Crippen LogP contribution in [0.1, 0.15) is 19.8 Å². The van der Waals surface area contributed by atoms with Gasteiger partial charge in [0.15, 0.2) is 0 Å². The van der Waals surface area contributed by atoms with Crippen LogP contribution in [0.4, 0.5) is 0 Å². The third-order valence-corrected chi connectivity index (χ3v) is 0.927. The van der Waals surface area contributed by atoms with Crippen molar-refractivity contribution in [2.75, 3.05) is 0 Å². The van der Waals surface area contributed by atoms with Crippen LogP contribution in [0.25, 0.3) is 0 Å². The van der Waals surface area contributed by atoms with Gasteiger partial charge in [0, 0.05) is 6.42 Å². The molecule has 0 aromatic carbocycles. The fourth-order valence-electron chi connectivity index (χ4n) is 0.443. The molecule has 0 saturated carbocycles. The van der Waals surface area contributed by atoms with E-state index in [-0.39, 0.29) is 5.97 Å². The lowest BCUT2D eigenvalue weighted by Crippen LogP contribution is -2.00. The fraction of sp³-hybridized carbons (Fsp3) is 0.375. The highest BCUT2D eigenvalue weighted by molar-refractivity contribution is 5.70. The number of rotatable bonds is 4. The minimum atomic E-state index is -0.243. The van der Waals surface area contributed by atoms with Crippen molar-refractivity contribution < 1.29 is 9.53 Å². The van der Waals surface area contributed by atoms with Crippen LogP contribution in [0.5, 0.6) is 0 Å². The molecular weight excluding hydrogens is 128 g/mol. The first-order valence-electron chi connectivity index (χ1n) is 3.22. The Morgan fingerprint density at radius 1 is 1.70 bits per heavy atom. The predicted octanol–water partition coefficient (Wildman–Crippen LogP) is 2.03. The number of hydrogen-bond acceptors (Lipinski definition) is 2. The van der Waals surface area contributed by atoms with E-state index in [0.29, 0.717) is 12.2 Å². The molecule has 0 atom stereocenters. The van der Waals surface area contributed by atoms with E-state index in [1.807, 2.05) is 6.92 Å². The normalized spacial score (nSPS) is 8.50. The molecule has 2 nitrogen and oxygen atoms in total. The molecule has 0 aromatic rings. The summed E-state index contributed by atoms with van der Waals surface area (Å²) in [5.41, 5.74) is 0. The molecule has 0 aromatic heterocycles. The van der Waals surface area contributed by atoms with E-state index >= 15 is 0 Å². The first-order valence-corrected chi connectivity index (χ1v) is 3.22. The van der Waals surface area contributed by atoms with Crippen molar-refractivity contribution in [2.24, 2.45) is 0 Å². The molecule has 0 spiro atoms. The van der Waals surface area contributed by atoms with Gasteiger partial charge in [0.05, 0.1) is 0 Å². The highest BCUT2D eigenvalue weighted by atomic mass is 16.5. The number of esters is 1. The van der Waals surface area contributed by atoms with Crippen molar-refractivity contribution in [2.45, 2.75) is 19.8 Å². The highest BCUT2D eigenvalue weighted by Crippen LogP contribution is 1.98. The van der Waals surface area contributed by atoms with Crippen LogP contribution in [0.3, 0.4) is 0 Å². The first-order chi connectivity index (χ1) is 4.70. The second-order valence-corrected chi connectivity index (χ2v) is 1.89. The predicted molar refractivity (Wildman–Crippen MR) is 40.3 cm³/mol. The van der Waals surface area contributed by atoms with Crippen LogP contribution in [-0.2, 0) is 9.53 Å². The van der Waals surface area contributed by atoms with E-state index in [0.717, 1.165) is 6.42 Å². The lowest BCUT2D eigenvalue weighted by atomic mass is 10.3. The number of allylic oxidation sites excluding steroid dienone is 1. The number of carbonyl (C=O) groups is 1. The maximum absolute atomic E-state index is 10.7. The third-order valence-electron chi connectivity index (χ3n) is 0.927. The minimum absolute atomic E-state index is 0.243. The van der Waals surface area contributed by atoms with Crippen molar-refractivity contribution in [3.63, 3.8) is 0 Å². The van der Waals surface area contributed by atoms with E-state index in [4.69, 9.17) is 0 Å². The van der Waals surface area contributed by atoms with Gasteiger partial charge in [-0.1, -0.05) is 20.1 Å². The second kappa shape index (κ2) is 4.79. The molecule has 0 rings (SSSR count). The average Bonchev–Trinajstić information content (AvgIpc) is 1.88. The van der Waals surface area contributed by atoms with Gasteiger partial charge in [0.25, 0.3) is 0 Å². The Kier molecular flexibility index (Phi) is 4.29. The molecular formula is C8H12O2. The summed E-state index contributed by atoms with van der Waals surface area (Å²) in [4.78, 5) is 10.7. The van der Waals surface area contributed by atoms with Crippen LogP contribution in [0, 0.1) is 0 Å². The summed E-state index contributed by atoms with van der Waals surface area (Å²) in [6.07, 6.45) is 2.64. The Morgan fingerprint density at radius 2 is 2.30 bits per heavy atom. The molecule has 0 amide bonds. The molecule has 0 heterocycles. The lowest BCUT2D eigenvalue weighted by Gasteiger charge is -1.99. The maximum atomic E-state index is 10.7. The molecule has 0 aliphatic carbocycles. The summed E-state index contributed by atoms with van der Waals surface area (Å²) < 4.78 is 4.69. The van der Waals surface area contributed by atoms with Crippen molar-refractivity contribution >= 4 is 5.97 Å². The molecule has 0 aliphatic heterocycles. The summed E-state index contributed by atoms with van der Waals surface area (Å²) in [7, 11) is 0. The molecule has 10 heavy (non-hydrogen) atoms. The van der Waals surface area contributed by atoms with Crippen molar-refractivity contribution in [3.8, 4) is 0 Å². The number of ether oxygens (including phenoxy) is 1. The molecule has 0 fully saturated rings. The quantitative estimate of drug-likeness (QED) is 0.339. The second-order valence-electron chi connectivity index (χ2n) is 1.89. The summed E-state index contributed by atoms with van der Waals surface area (Å²) in [5.74, 6) is 0.0749. The summed E-state index contributed by atoms with van der Waals surface area (Å²) >= 11 is 0. The number of hydrogen-bond donors (Lipinski definition) is 0. The molecule has 2 heteroatoms. The van der Waals surface area contributed by atoms with Gasteiger partial charge < -0.3 is 4.74 Å². The van der Waals surface area contributed by atoms with E-state index < -0.39 is 0 Å². The Labute approximate surface area is 61.2 Å². The van der Waals surface area contributed by atoms with Gasteiger partial charge in [-0.2, -0.15) is 0 Å². The Morgan fingerprint density at radius 3 is 2.70 bits per heavy atom. The van der Waals surface area contributed by atoms with Crippen LogP contribution >= 0.6 is 0 Å². The summed E-state index contributed by atoms with van der Waals surface area (Å²) in [6.45, 7) is 8.75. The smallest absolute Gasteiger partial charge is 0.311 e. The zero-order valence-corrected chi connectivity index (χ0v) is 6.22.